The highest BCUT2D eigenvalue weighted by Crippen LogP contribution is 2.17. The van der Waals surface area contributed by atoms with Crippen LogP contribution in [0, 0.1) is 0 Å². The summed E-state index contributed by atoms with van der Waals surface area (Å²) in [5.74, 6) is -3.28. The summed E-state index contributed by atoms with van der Waals surface area (Å²) < 4.78 is 29.6. The zero-order valence-corrected chi connectivity index (χ0v) is 9.59. The van der Waals surface area contributed by atoms with Crippen molar-refractivity contribution in [1.82, 2.24) is 0 Å². The van der Waals surface area contributed by atoms with Crippen molar-refractivity contribution in [3.05, 3.63) is 0 Å². The third-order valence-electron chi connectivity index (χ3n) is 2.16. The van der Waals surface area contributed by atoms with Gasteiger partial charge in [0.2, 0.25) is 0 Å². The van der Waals surface area contributed by atoms with Gasteiger partial charge in [-0.15, -0.1) is 0 Å². The molecule has 5 nitrogen and oxygen atoms in total. The maximum absolute atomic E-state index is 11.6. The highest BCUT2D eigenvalue weighted by atomic mass is 19.3. The number of hydrogen-bond acceptors (Lipinski definition) is 4. The second-order valence-electron chi connectivity index (χ2n) is 3.16. The van der Waals surface area contributed by atoms with Crippen LogP contribution in [0.15, 0.2) is 0 Å². The third kappa shape index (κ3) is 5.06. The van der Waals surface area contributed by atoms with E-state index in [9.17, 15) is 18.2 Å². The van der Waals surface area contributed by atoms with Crippen molar-refractivity contribution in [3.63, 3.8) is 0 Å². The summed E-state index contributed by atoms with van der Waals surface area (Å²) in [6.07, 6.45) is 0. The van der Waals surface area contributed by atoms with Gasteiger partial charge in [0.15, 0.2) is 0 Å². The molecule has 0 aromatic rings. The lowest BCUT2D eigenvalue weighted by Crippen LogP contribution is -3.11. The molecule has 0 amide bonds. The molecule has 0 radical (unpaired) electrons. The smallest absolute Gasteiger partial charge is 0.593 e. The second-order valence-corrected chi connectivity index (χ2v) is 3.16. The van der Waals surface area contributed by atoms with Crippen LogP contribution in [0.2, 0.25) is 0 Å². The number of halogens is 2. The summed E-state index contributed by atoms with van der Waals surface area (Å²) in [7, 11) is -4.65. The first kappa shape index (κ1) is 14.8. The SMILES string of the molecule is CC[NH+](CC)CC.O=C1O[B-](F)(F)OC1=O. The standard InChI is InChI=1S/C6H15N.C2BF2O4/c1-4-7(5-2)6-3;4-3(5)8-1(6)2(7)9-3/h4-6H2,1-3H3;/q;-1/p+1. The van der Waals surface area contributed by atoms with Crippen molar-refractivity contribution < 1.29 is 32.4 Å². The molecule has 1 heterocycles. The Kier molecular flexibility index (Phi) is 5.95. The molecule has 0 aromatic heterocycles. The summed E-state index contributed by atoms with van der Waals surface area (Å²) in [4.78, 5) is 21.3. The van der Waals surface area contributed by atoms with Crippen LogP contribution in [0.5, 0.6) is 0 Å². The molecule has 0 saturated carbocycles. The van der Waals surface area contributed by atoms with E-state index in [1.54, 1.807) is 4.90 Å². The maximum atomic E-state index is 11.6. The molecule has 0 spiro atoms. The van der Waals surface area contributed by atoms with Gasteiger partial charge in [0.25, 0.3) is 0 Å². The van der Waals surface area contributed by atoms with Crippen molar-refractivity contribution in [2.45, 2.75) is 20.8 Å². The van der Waals surface area contributed by atoms with Crippen molar-refractivity contribution >= 4 is 19.0 Å². The number of carbonyl (C=O) groups excluding carboxylic acids is 2. The van der Waals surface area contributed by atoms with E-state index in [-0.39, 0.29) is 0 Å². The first-order valence-electron chi connectivity index (χ1n) is 5.16. The zero-order chi connectivity index (χ0) is 12.8. The molecule has 1 aliphatic heterocycles. The van der Waals surface area contributed by atoms with E-state index in [2.05, 4.69) is 30.1 Å². The molecule has 1 N–H and O–H groups in total. The van der Waals surface area contributed by atoms with E-state index >= 15 is 0 Å². The molecule has 1 rings (SSSR count). The van der Waals surface area contributed by atoms with Crippen molar-refractivity contribution in [2.75, 3.05) is 19.6 Å². The fourth-order valence-electron chi connectivity index (χ4n) is 1.12. The van der Waals surface area contributed by atoms with Crippen LogP contribution < -0.4 is 4.90 Å². The van der Waals surface area contributed by atoms with E-state index in [0.29, 0.717) is 0 Å². The predicted octanol–water partition coefficient (Wildman–Crippen LogP) is -0.608. The second kappa shape index (κ2) is 6.42. The van der Waals surface area contributed by atoms with E-state index in [4.69, 9.17) is 0 Å². The topological polar surface area (TPSA) is 57.0 Å². The van der Waals surface area contributed by atoms with Crippen LogP contribution >= 0.6 is 0 Å². The first-order chi connectivity index (χ1) is 7.36. The average molecular weight is 239 g/mol. The van der Waals surface area contributed by atoms with Crippen LogP contribution in [0.25, 0.3) is 0 Å². The van der Waals surface area contributed by atoms with Gasteiger partial charge in [-0.3, -0.25) is 0 Å². The molecule has 0 atom stereocenters. The van der Waals surface area contributed by atoms with Gasteiger partial charge >= 0.3 is 19.0 Å². The van der Waals surface area contributed by atoms with Gasteiger partial charge < -0.3 is 22.8 Å². The number of carbonyl (C=O) groups is 2. The molecule has 1 fully saturated rings. The molecule has 1 saturated heterocycles. The Labute approximate surface area is 92.8 Å². The molecule has 94 valence electrons. The first-order valence-corrected chi connectivity index (χ1v) is 5.16. The Morgan fingerprint density at radius 3 is 1.38 bits per heavy atom. The monoisotopic (exact) mass is 239 g/mol. The Morgan fingerprint density at radius 2 is 1.31 bits per heavy atom. The minimum absolute atomic E-state index is 1.27. The Morgan fingerprint density at radius 1 is 1.00 bits per heavy atom. The van der Waals surface area contributed by atoms with Gasteiger partial charge in [-0.05, 0) is 20.8 Å². The van der Waals surface area contributed by atoms with Gasteiger partial charge in [-0.2, -0.15) is 0 Å². The lowest BCUT2D eigenvalue weighted by Gasteiger charge is -2.10. The number of hydrogen-bond donors (Lipinski definition) is 1. The third-order valence-corrected chi connectivity index (χ3v) is 2.16. The van der Waals surface area contributed by atoms with Crippen LogP contribution in [-0.2, 0) is 18.9 Å². The summed E-state index contributed by atoms with van der Waals surface area (Å²) in [6, 6.07) is 0. The molecule has 0 aliphatic carbocycles. The van der Waals surface area contributed by atoms with Crippen molar-refractivity contribution in [1.29, 1.82) is 0 Å². The fraction of sp³-hybridized carbons (Fsp3) is 0.750. The molecule has 1 aliphatic rings. The van der Waals surface area contributed by atoms with Crippen molar-refractivity contribution in [3.8, 4) is 0 Å². The van der Waals surface area contributed by atoms with E-state index in [1.807, 2.05) is 0 Å². The van der Waals surface area contributed by atoms with Gasteiger partial charge in [-0.1, -0.05) is 0 Å². The molecular formula is C8H16BF2NO4. The van der Waals surface area contributed by atoms with Gasteiger partial charge in [0, 0.05) is 0 Å². The number of nitrogens with one attached hydrogen (secondary N) is 1. The van der Waals surface area contributed by atoms with Crippen LogP contribution in [-0.4, -0.2) is 38.7 Å². The molecule has 0 unspecified atom stereocenters. The normalized spacial score (nSPS) is 17.6. The molecule has 8 heteroatoms. The number of rotatable bonds is 3. The Bertz CT molecular complexity index is 235. The highest BCUT2D eigenvalue weighted by Gasteiger charge is 2.46. The predicted molar refractivity (Wildman–Crippen MR) is 52.7 cm³/mol. The molecular weight excluding hydrogens is 223 g/mol. The van der Waals surface area contributed by atoms with Crippen molar-refractivity contribution in [2.24, 2.45) is 0 Å². The molecule has 0 bridgehead atoms. The van der Waals surface area contributed by atoms with Gasteiger partial charge in [0.1, 0.15) is 0 Å². The van der Waals surface area contributed by atoms with E-state index in [0.717, 1.165) is 0 Å². The molecule has 16 heavy (non-hydrogen) atoms. The Hall–Kier alpha value is -1.18. The fourth-order valence-corrected chi connectivity index (χ4v) is 1.12. The van der Waals surface area contributed by atoms with Crippen LogP contribution in [0.3, 0.4) is 0 Å². The highest BCUT2D eigenvalue weighted by molar-refractivity contribution is 6.65. The van der Waals surface area contributed by atoms with Crippen LogP contribution in [0.1, 0.15) is 20.8 Å². The van der Waals surface area contributed by atoms with Gasteiger partial charge in [-0.25, -0.2) is 9.59 Å². The minimum atomic E-state index is -4.65. The summed E-state index contributed by atoms with van der Waals surface area (Å²) in [6.45, 7) is 10.5. The van der Waals surface area contributed by atoms with E-state index < -0.39 is 19.0 Å². The largest absolute Gasteiger partial charge is 0.730 e. The summed E-state index contributed by atoms with van der Waals surface area (Å²) in [5, 5.41) is 0. The van der Waals surface area contributed by atoms with Crippen LogP contribution in [0.4, 0.5) is 8.63 Å². The lowest BCUT2D eigenvalue weighted by atomic mass is 10.2. The zero-order valence-electron chi connectivity index (χ0n) is 9.59. The minimum Gasteiger partial charge on any atom is -0.593 e. The number of quaternary nitrogens is 1. The van der Waals surface area contributed by atoms with E-state index in [1.165, 1.54) is 19.6 Å². The maximum Gasteiger partial charge on any atom is 0.730 e. The quantitative estimate of drug-likeness (QED) is 0.527. The average Bonchev–Trinajstić information content (AvgIpc) is 2.42. The van der Waals surface area contributed by atoms with Gasteiger partial charge in [0.05, 0.1) is 19.6 Å². The Balaban J connectivity index is 0.000000293. The molecule has 0 aromatic carbocycles. The summed E-state index contributed by atoms with van der Waals surface area (Å²) in [5.41, 5.74) is 0. The summed E-state index contributed by atoms with van der Waals surface area (Å²) >= 11 is 0. The lowest BCUT2D eigenvalue weighted by molar-refractivity contribution is -0.894.